The van der Waals surface area contributed by atoms with Crippen LogP contribution in [0.4, 0.5) is 9.59 Å². The molecule has 12 heteroatoms. The molecule has 1 rings (SSSR count). The fourth-order valence-corrected chi connectivity index (χ4v) is 1.29. The van der Waals surface area contributed by atoms with Gasteiger partial charge in [0.2, 0.25) is 0 Å². The first-order valence-electron chi connectivity index (χ1n) is 5.00. The average Bonchev–Trinajstić information content (AvgIpc) is 2.42. The monoisotopic (exact) mass is 258 g/mol. The minimum Gasteiger partial charge on any atom is -0.312 e. The van der Waals surface area contributed by atoms with Gasteiger partial charge in [0.25, 0.3) is 0 Å². The summed E-state index contributed by atoms with van der Waals surface area (Å²) in [6.07, 6.45) is -0.365. The number of rotatable bonds is 4. The molecule has 4 amide bonds. The number of hydrogen-bond acceptors (Lipinski definition) is 8. The van der Waals surface area contributed by atoms with E-state index in [4.69, 9.17) is 11.1 Å². The molecular weight excluding hydrogens is 244 g/mol. The summed E-state index contributed by atoms with van der Waals surface area (Å²) in [7, 11) is 0. The van der Waals surface area contributed by atoms with Crippen molar-refractivity contribution in [2.75, 3.05) is 19.6 Å². The molecule has 0 spiro atoms. The Balaban J connectivity index is 2.41. The Morgan fingerprint density at radius 2 is 1.89 bits per heavy atom. The molecule has 1 saturated heterocycles. The minimum absolute atomic E-state index is 0.365. The molecule has 0 saturated carbocycles. The molecule has 12 nitrogen and oxygen atoms in total. The predicted octanol–water partition coefficient (Wildman–Crippen LogP) is -1.38. The lowest BCUT2D eigenvalue weighted by Gasteiger charge is -2.35. The number of piperazine rings is 1. The first-order chi connectivity index (χ1) is 8.67. The van der Waals surface area contributed by atoms with Gasteiger partial charge in [0.15, 0.2) is 0 Å². The largest absolute Gasteiger partial charge is 0.374 e. The second kappa shape index (κ2) is 7.33. The van der Waals surface area contributed by atoms with E-state index in [2.05, 4.69) is 37.4 Å². The number of hydrogen-bond donors (Lipinski definition) is 7. The maximum Gasteiger partial charge on any atom is 0.374 e. The summed E-state index contributed by atoms with van der Waals surface area (Å²) in [5, 5.41) is 9.95. The standard InChI is InChI=1S/C6H14N10O2/c7-10-5(17)13-12-4-3-9-1-2-16(4)15-14-6(18)11-8/h4,7-9,12,15H,1-3H2,(H,13,17)(H,14,18). The van der Waals surface area contributed by atoms with E-state index < -0.39 is 12.1 Å². The number of carbonyl (C=O) groups is 2. The van der Waals surface area contributed by atoms with Gasteiger partial charge in [0, 0.05) is 19.6 Å². The zero-order valence-corrected chi connectivity index (χ0v) is 9.36. The van der Waals surface area contributed by atoms with Gasteiger partial charge in [-0.3, -0.25) is 10.9 Å². The van der Waals surface area contributed by atoms with Crippen molar-refractivity contribution >= 4 is 12.1 Å². The van der Waals surface area contributed by atoms with Crippen molar-refractivity contribution in [1.82, 2.24) is 32.1 Å². The van der Waals surface area contributed by atoms with Crippen molar-refractivity contribution in [2.45, 2.75) is 6.17 Å². The fourth-order valence-electron chi connectivity index (χ4n) is 1.29. The van der Waals surface area contributed by atoms with Crippen LogP contribution in [-0.2, 0) is 0 Å². The van der Waals surface area contributed by atoms with Crippen molar-refractivity contribution < 1.29 is 9.59 Å². The first-order valence-corrected chi connectivity index (χ1v) is 5.00. The van der Waals surface area contributed by atoms with Crippen molar-refractivity contribution in [1.29, 1.82) is 11.1 Å². The molecule has 1 aliphatic rings. The van der Waals surface area contributed by atoms with Gasteiger partial charge in [0.05, 0.1) is 0 Å². The summed E-state index contributed by atoms with van der Waals surface area (Å²) in [6.45, 7) is 1.69. The second-order valence-corrected chi connectivity index (χ2v) is 3.25. The number of carbonyl (C=O) groups excluding carboxylic acids is 2. The van der Waals surface area contributed by atoms with E-state index in [1.165, 1.54) is 0 Å². The Hall–Kier alpha value is -2.02. The topological polar surface area (TPSA) is 170 Å². The summed E-state index contributed by atoms with van der Waals surface area (Å²) in [5.41, 5.74) is 22.5. The first kappa shape index (κ1) is 14.0. The molecule has 1 aliphatic heterocycles. The Bertz CT molecular complexity index is 300. The average molecular weight is 258 g/mol. The normalized spacial score (nSPS) is 19.9. The van der Waals surface area contributed by atoms with Gasteiger partial charge in [0.1, 0.15) is 6.17 Å². The molecule has 0 aliphatic carbocycles. The van der Waals surface area contributed by atoms with E-state index in [0.717, 1.165) is 0 Å². The van der Waals surface area contributed by atoms with E-state index in [1.54, 1.807) is 5.01 Å². The molecule has 7 N–H and O–H groups in total. The van der Waals surface area contributed by atoms with Gasteiger partial charge < -0.3 is 5.32 Å². The highest BCUT2D eigenvalue weighted by atomic mass is 16.2. The van der Waals surface area contributed by atoms with Crippen LogP contribution in [0.2, 0.25) is 0 Å². The third-order valence-corrected chi connectivity index (χ3v) is 2.10. The molecule has 0 radical (unpaired) electrons. The van der Waals surface area contributed by atoms with Crippen LogP contribution < -0.4 is 27.1 Å². The molecule has 1 fully saturated rings. The molecule has 0 aromatic heterocycles. The number of urea groups is 2. The maximum atomic E-state index is 10.8. The lowest BCUT2D eigenvalue weighted by atomic mass is 10.3. The van der Waals surface area contributed by atoms with Crippen LogP contribution in [0.25, 0.3) is 0 Å². The van der Waals surface area contributed by atoms with Crippen molar-refractivity contribution in [3.63, 3.8) is 0 Å². The minimum atomic E-state index is -0.836. The second-order valence-electron chi connectivity index (χ2n) is 3.25. The number of nitrogens with zero attached hydrogens (tertiary/aromatic N) is 3. The Labute approximate surface area is 102 Å². The van der Waals surface area contributed by atoms with Crippen LogP contribution in [0.15, 0.2) is 10.2 Å². The van der Waals surface area contributed by atoms with Gasteiger partial charge in [-0.05, 0) is 0 Å². The molecule has 100 valence electrons. The van der Waals surface area contributed by atoms with Gasteiger partial charge in [-0.15, -0.1) is 0 Å². The summed E-state index contributed by atoms with van der Waals surface area (Å²) in [6, 6.07) is -1.66. The quantitative estimate of drug-likeness (QED) is 0.242. The smallest absolute Gasteiger partial charge is 0.312 e. The lowest BCUT2D eigenvalue weighted by Crippen LogP contribution is -2.67. The zero-order valence-electron chi connectivity index (χ0n) is 9.36. The Morgan fingerprint density at radius 1 is 1.22 bits per heavy atom. The summed E-state index contributed by atoms with van der Waals surface area (Å²) < 4.78 is 0. The third kappa shape index (κ3) is 4.46. The highest BCUT2D eigenvalue weighted by molar-refractivity contribution is 5.73. The van der Waals surface area contributed by atoms with E-state index in [0.29, 0.717) is 19.6 Å². The van der Waals surface area contributed by atoms with Crippen molar-refractivity contribution in [3.8, 4) is 0 Å². The van der Waals surface area contributed by atoms with E-state index in [-0.39, 0.29) is 6.17 Å². The molecule has 0 aromatic rings. The van der Waals surface area contributed by atoms with Crippen LogP contribution in [0.3, 0.4) is 0 Å². The van der Waals surface area contributed by atoms with Gasteiger partial charge >= 0.3 is 12.1 Å². The van der Waals surface area contributed by atoms with E-state index in [9.17, 15) is 9.59 Å². The van der Waals surface area contributed by atoms with E-state index in [1.807, 2.05) is 0 Å². The highest BCUT2D eigenvalue weighted by Gasteiger charge is 2.22. The van der Waals surface area contributed by atoms with Crippen LogP contribution in [0.5, 0.6) is 0 Å². The molecule has 1 unspecified atom stereocenters. The van der Waals surface area contributed by atoms with E-state index >= 15 is 0 Å². The number of amides is 4. The van der Waals surface area contributed by atoms with Crippen LogP contribution in [0, 0.1) is 11.1 Å². The molecule has 1 heterocycles. The maximum absolute atomic E-state index is 10.8. The molecule has 0 aromatic carbocycles. The molecule has 1 atom stereocenters. The summed E-state index contributed by atoms with van der Waals surface area (Å²) >= 11 is 0. The number of nitrogens with one attached hydrogen (secondary N) is 7. The van der Waals surface area contributed by atoms with Gasteiger partial charge in [-0.1, -0.05) is 10.2 Å². The Morgan fingerprint density at radius 3 is 2.56 bits per heavy atom. The fraction of sp³-hybridized carbons (Fsp3) is 0.667. The van der Waals surface area contributed by atoms with Crippen LogP contribution >= 0.6 is 0 Å². The molecular formula is C6H14N10O2. The van der Waals surface area contributed by atoms with Gasteiger partial charge in [-0.2, -0.15) is 16.6 Å². The SMILES string of the molecule is N=NC(=O)NNC1CNCCN1NNC(=O)N=N. The van der Waals surface area contributed by atoms with Crippen LogP contribution in [-0.4, -0.2) is 42.9 Å². The summed E-state index contributed by atoms with van der Waals surface area (Å²) in [4.78, 5) is 21.6. The zero-order chi connectivity index (χ0) is 13.4. The van der Waals surface area contributed by atoms with Crippen molar-refractivity contribution in [3.05, 3.63) is 0 Å². The number of hydrazine groups is 3. The summed E-state index contributed by atoms with van der Waals surface area (Å²) in [5.74, 6) is 0. The molecule has 0 bridgehead atoms. The lowest BCUT2D eigenvalue weighted by molar-refractivity contribution is 0.0535. The Kier molecular flexibility index (Phi) is 5.72. The third-order valence-electron chi connectivity index (χ3n) is 2.10. The van der Waals surface area contributed by atoms with Crippen LogP contribution in [0.1, 0.15) is 0 Å². The van der Waals surface area contributed by atoms with Gasteiger partial charge in [-0.25, -0.2) is 20.0 Å². The molecule has 18 heavy (non-hydrogen) atoms. The predicted molar refractivity (Wildman–Crippen MR) is 57.0 cm³/mol. The van der Waals surface area contributed by atoms with Crippen molar-refractivity contribution in [2.24, 2.45) is 10.2 Å². The highest BCUT2D eigenvalue weighted by Crippen LogP contribution is 1.94.